The van der Waals surface area contributed by atoms with E-state index in [0.717, 1.165) is 28.1 Å². The van der Waals surface area contributed by atoms with E-state index in [-0.39, 0.29) is 41.6 Å². The Morgan fingerprint density at radius 3 is 2.62 bits per heavy atom. The molecule has 1 N–H and O–H groups in total. The highest BCUT2D eigenvalue weighted by atomic mass is 32.2. The minimum atomic E-state index is -0.337. The first-order chi connectivity index (χ1) is 19.2. The van der Waals surface area contributed by atoms with Crippen molar-refractivity contribution >= 4 is 29.4 Å². The number of benzene rings is 2. The lowest BCUT2D eigenvalue weighted by molar-refractivity contribution is -0.122. The molecule has 10 heteroatoms. The van der Waals surface area contributed by atoms with Crippen molar-refractivity contribution in [2.24, 2.45) is 0 Å². The predicted molar refractivity (Wildman–Crippen MR) is 156 cm³/mol. The van der Waals surface area contributed by atoms with Crippen LogP contribution < -0.4 is 19.7 Å². The zero-order valence-corrected chi connectivity index (χ0v) is 24.5. The maximum atomic E-state index is 13.8. The number of hydrogen-bond donors (Lipinski definition) is 1. The van der Waals surface area contributed by atoms with E-state index in [2.05, 4.69) is 26.1 Å². The van der Waals surface area contributed by atoms with Gasteiger partial charge in [0.25, 0.3) is 0 Å². The van der Waals surface area contributed by atoms with Gasteiger partial charge in [0.1, 0.15) is 12.4 Å². The molecule has 0 unspecified atom stereocenters. The van der Waals surface area contributed by atoms with Crippen molar-refractivity contribution in [3.63, 3.8) is 0 Å². The molecule has 5 rings (SSSR count). The van der Waals surface area contributed by atoms with Crippen molar-refractivity contribution in [2.75, 3.05) is 44.3 Å². The van der Waals surface area contributed by atoms with Gasteiger partial charge in [-0.25, -0.2) is 4.68 Å². The molecule has 0 fully saturated rings. The average Bonchev–Trinajstić information content (AvgIpc) is 3.52. The van der Waals surface area contributed by atoms with E-state index in [0.29, 0.717) is 36.9 Å². The van der Waals surface area contributed by atoms with Gasteiger partial charge >= 0.3 is 0 Å². The van der Waals surface area contributed by atoms with Crippen molar-refractivity contribution < 1.29 is 23.8 Å². The van der Waals surface area contributed by atoms with E-state index in [1.165, 1.54) is 0 Å². The summed E-state index contributed by atoms with van der Waals surface area (Å²) < 4.78 is 18.2. The lowest BCUT2D eigenvalue weighted by Gasteiger charge is -2.24. The number of carbonyl (C=O) groups is 2. The van der Waals surface area contributed by atoms with Crippen LogP contribution >= 0.6 is 11.8 Å². The standard InChI is InChI=1S/C30H36N4O5S/c1-19-7-10-21(11-8-19)34-29-26(28(32-34)30(2,3)4)27(20-9-12-22-23(15-20)39-18-38-22)40-17-25(36)33(29)16-24(35)31-13-6-14-37-5/h7-12,15,27H,6,13-14,16-18H2,1-5H3,(H,31,35)/t27-/m0/s1. The lowest BCUT2D eigenvalue weighted by Crippen LogP contribution is -2.42. The van der Waals surface area contributed by atoms with Gasteiger partial charge in [0, 0.05) is 31.2 Å². The van der Waals surface area contributed by atoms with E-state index in [9.17, 15) is 9.59 Å². The van der Waals surface area contributed by atoms with Gasteiger partial charge in [-0.2, -0.15) is 5.10 Å². The molecule has 212 valence electrons. The number of ether oxygens (including phenoxy) is 3. The van der Waals surface area contributed by atoms with E-state index < -0.39 is 0 Å². The Morgan fingerprint density at radius 2 is 1.90 bits per heavy atom. The van der Waals surface area contributed by atoms with Crippen molar-refractivity contribution in [3.8, 4) is 17.2 Å². The fourth-order valence-electron chi connectivity index (χ4n) is 4.92. The van der Waals surface area contributed by atoms with Crippen LogP contribution in [0.3, 0.4) is 0 Å². The van der Waals surface area contributed by atoms with Gasteiger partial charge in [-0.15, -0.1) is 11.8 Å². The third-order valence-electron chi connectivity index (χ3n) is 6.93. The maximum Gasteiger partial charge on any atom is 0.240 e. The number of hydrogen-bond acceptors (Lipinski definition) is 7. The number of rotatable bonds is 8. The van der Waals surface area contributed by atoms with Crippen LogP contribution in [0.4, 0.5) is 5.82 Å². The highest BCUT2D eigenvalue weighted by Gasteiger charge is 2.40. The number of thioether (sulfide) groups is 1. The Bertz CT molecular complexity index is 1400. The molecular weight excluding hydrogens is 528 g/mol. The minimum Gasteiger partial charge on any atom is -0.454 e. The van der Waals surface area contributed by atoms with Crippen molar-refractivity contribution in [3.05, 3.63) is 64.8 Å². The van der Waals surface area contributed by atoms with Gasteiger partial charge in [-0.3, -0.25) is 14.5 Å². The minimum absolute atomic E-state index is 0.103. The Balaban J connectivity index is 1.66. The third kappa shape index (κ3) is 5.69. The number of amides is 2. The molecule has 0 saturated heterocycles. The van der Waals surface area contributed by atoms with Gasteiger partial charge < -0.3 is 19.5 Å². The molecule has 2 aromatic carbocycles. The number of aromatic nitrogens is 2. The van der Waals surface area contributed by atoms with E-state index in [4.69, 9.17) is 19.3 Å². The smallest absolute Gasteiger partial charge is 0.240 e. The van der Waals surface area contributed by atoms with Crippen LogP contribution in [-0.4, -0.2) is 60.9 Å². The monoisotopic (exact) mass is 564 g/mol. The van der Waals surface area contributed by atoms with Crippen LogP contribution in [0.5, 0.6) is 11.5 Å². The molecule has 1 atom stereocenters. The number of nitrogens with one attached hydrogen (secondary N) is 1. The summed E-state index contributed by atoms with van der Waals surface area (Å²) in [5, 5.41) is 7.86. The van der Waals surface area contributed by atoms with Gasteiger partial charge in [0.15, 0.2) is 11.5 Å². The lowest BCUT2D eigenvalue weighted by atomic mass is 9.87. The summed E-state index contributed by atoms with van der Waals surface area (Å²) in [6, 6.07) is 14.0. The first kappa shape index (κ1) is 28.0. The number of anilines is 1. The molecule has 1 aromatic heterocycles. The molecule has 40 heavy (non-hydrogen) atoms. The third-order valence-corrected chi connectivity index (χ3v) is 8.18. The van der Waals surface area contributed by atoms with E-state index in [1.54, 1.807) is 23.8 Å². The first-order valence-corrected chi connectivity index (χ1v) is 14.5. The Morgan fingerprint density at radius 1 is 1.15 bits per heavy atom. The predicted octanol–water partition coefficient (Wildman–Crippen LogP) is 4.53. The van der Waals surface area contributed by atoms with Crippen LogP contribution in [-0.2, 0) is 19.7 Å². The summed E-state index contributed by atoms with van der Waals surface area (Å²) in [5.74, 6) is 1.86. The van der Waals surface area contributed by atoms with Crippen LogP contribution in [0, 0.1) is 6.92 Å². The van der Waals surface area contributed by atoms with Crippen LogP contribution in [0.15, 0.2) is 42.5 Å². The number of fused-ring (bicyclic) bond motifs is 2. The summed E-state index contributed by atoms with van der Waals surface area (Å²) in [7, 11) is 1.63. The molecule has 0 bridgehead atoms. The Kier molecular flexibility index (Phi) is 8.09. The molecule has 0 radical (unpaired) electrons. The number of carbonyl (C=O) groups excluding carboxylic acids is 2. The summed E-state index contributed by atoms with van der Waals surface area (Å²) in [6.07, 6.45) is 0.693. The van der Waals surface area contributed by atoms with E-state index in [1.807, 2.05) is 54.1 Å². The molecule has 3 heterocycles. The SMILES string of the molecule is COCCCNC(=O)CN1C(=O)CS[C@@H](c2ccc3c(c2)OCO3)c2c(C(C)(C)C)nn(-c3ccc(C)cc3)c21. The number of aryl methyl sites for hydroxylation is 1. The normalized spacial score (nSPS) is 16.6. The first-order valence-electron chi connectivity index (χ1n) is 13.4. The summed E-state index contributed by atoms with van der Waals surface area (Å²) in [4.78, 5) is 28.5. The van der Waals surface area contributed by atoms with Crippen molar-refractivity contribution in [1.82, 2.24) is 15.1 Å². The average molecular weight is 565 g/mol. The highest BCUT2D eigenvalue weighted by molar-refractivity contribution is 8.00. The second-order valence-electron chi connectivity index (χ2n) is 11.1. The van der Waals surface area contributed by atoms with Gasteiger partial charge in [0.2, 0.25) is 18.6 Å². The van der Waals surface area contributed by atoms with Crippen LogP contribution in [0.25, 0.3) is 5.69 Å². The largest absolute Gasteiger partial charge is 0.454 e. The summed E-state index contributed by atoms with van der Waals surface area (Å²) >= 11 is 1.54. The fraction of sp³-hybridized carbons (Fsp3) is 0.433. The van der Waals surface area contributed by atoms with Crippen molar-refractivity contribution in [1.29, 1.82) is 0 Å². The second-order valence-corrected chi connectivity index (χ2v) is 12.2. The quantitative estimate of drug-likeness (QED) is 0.402. The molecule has 0 saturated carbocycles. The topological polar surface area (TPSA) is 94.9 Å². The Hall–Kier alpha value is -3.50. The van der Waals surface area contributed by atoms with Gasteiger partial charge in [-0.1, -0.05) is 44.5 Å². The summed E-state index contributed by atoms with van der Waals surface area (Å²) in [6.45, 7) is 9.50. The van der Waals surface area contributed by atoms with Gasteiger partial charge in [-0.05, 0) is 43.2 Å². The van der Waals surface area contributed by atoms with Gasteiger partial charge in [0.05, 0.1) is 22.4 Å². The number of nitrogens with zero attached hydrogens (tertiary/aromatic N) is 3. The second kappa shape index (κ2) is 11.5. The molecule has 2 amide bonds. The maximum absolute atomic E-state index is 13.8. The van der Waals surface area contributed by atoms with Crippen LogP contribution in [0.2, 0.25) is 0 Å². The molecule has 0 aliphatic carbocycles. The molecule has 9 nitrogen and oxygen atoms in total. The molecule has 2 aliphatic heterocycles. The molecule has 3 aromatic rings. The van der Waals surface area contributed by atoms with E-state index >= 15 is 0 Å². The zero-order chi connectivity index (χ0) is 28.4. The molecular formula is C30H36N4O5S. The molecule has 2 aliphatic rings. The summed E-state index contributed by atoms with van der Waals surface area (Å²) in [5.41, 5.74) is 4.40. The number of methoxy groups -OCH3 is 1. The van der Waals surface area contributed by atoms with Crippen LogP contribution in [0.1, 0.15) is 54.8 Å². The Labute approximate surface area is 239 Å². The zero-order valence-electron chi connectivity index (χ0n) is 23.7. The van der Waals surface area contributed by atoms with Crippen molar-refractivity contribution in [2.45, 2.75) is 44.8 Å². The fourth-order valence-corrected chi connectivity index (χ4v) is 6.11. The molecule has 0 spiro atoms. The highest BCUT2D eigenvalue weighted by Crippen LogP contribution is 2.49.